The van der Waals surface area contributed by atoms with E-state index in [0.29, 0.717) is 0 Å². The molecule has 1 aromatic heterocycles. The Hall–Kier alpha value is -0.350. The van der Waals surface area contributed by atoms with Crippen molar-refractivity contribution >= 4 is 15.9 Å². The summed E-state index contributed by atoms with van der Waals surface area (Å²) >= 11 is 3.64. The normalized spacial score (nSPS) is 16.2. The van der Waals surface area contributed by atoms with Crippen molar-refractivity contribution in [3.8, 4) is 0 Å². The first kappa shape index (κ1) is 13.1. The van der Waals surface area contributed by atoms with E-state index in [2.05, 4.69) is 33.3 Å². The lowest BCUT2D eigenvalue weighted by Crippen LogP contribution is -2.22. The molecule has 0 saturated heterocycles. The Morgan fingerprint density at radius 1 is 1.47 bits per heavy atom. The smallest absolute Gasteiger partial charge is 0.0767 e. The topological polar surface area (TPSA) is 29.9 Å². The van der Waals surface area contributed by atoms with Gasteiger partial charge in [0.1, 0.15) is 0 Å². The Morgan fingerprint density at radius 3 is 2.76 bits per heavy atom. The Morgan fingerprint density at radius 2 is 2.24 bits per heavy atom. The molecule has 1 heterocycles. The van der Waals surface area contributed by atoms with Crippen LogP contribution in [0.15, 0.2) is 4.47 Å². The number of hydrogen-bond acceptors (Lipinski definition) is 2. The van der Waals surface area contributed by atoms with E-state index >= 15 is 0 Å². The Labute approximate surface area is 112 Å². The summed E-state index contributed by atoms with van der Waals surface area (Å²) in [6.45, 7) is 4.18. The van der Waals surface area contributed by atoms with Gasteiger partial charge in [-0.05, 0) is 41.2 Å². The van der Waals surface area contributed by atoms with Crippen molar-refractivity contribution in [2.75, 3.05) is 6.54 Å². The van der Waals surface area contributed by atoms with Gasteiger partial charge in [-0.1, -0.05) is 26.2 Å². The number of aromatic nitrogens is 2. The summed E-state index contributed by atoms with van der Waals surface area (Å²) in [5, 5.41) is 8.03. The number of rotatable bonds is 6. The molecular formula is C13H22BrN3. The summed E-state index contributed by atoms with van der Waals surface area (Å²) < 4.78 is 3.16. The molecule has 0 amide bonds. The quantitative estimate of drug-likeness (QED) is 0.818. The van der Waals surface area contributed by atoms with Crippen molar-refractivity contribution in [1.29, 1.82) is 0 Å². The lowest BCUT2D eigenvalue weighted by molar-refractivity contribution is 0.291. The molecule has 1 aromatic rings. The molecule has 1 aliphatic rings. The first-order chi connectivity index (χ1) is 8.22. The highest BCUT2D eigenvalue weighted by Crippen LogP contribution is 2.28. The molecule has 1 N–H and O–H groups in total. The zero-order valence-electron chi connectivity index (χ0n) is 10.8. The minimum absolute atomic E-state index is 0.913. The summed E-state index contributed by atoms with van der Waals surface area (Å²) in [7, 11) is 2.02. The minimum Gasteiger partial charge on any atom is -0.311 e. The summed E-state index contributed by atoms with van der Waals surface area (Å²) in [6.07, 6.45) is 6.64. The lowest BCUT2D eigenvalue weighted by Gasteiger charge is -2.25. The molecule has 0 radical (unpaired) electrons. The van der Waals surface area contributed by atoms with Crippen molar-refractivity contribution in [2.24, 2.45) is 13.0 Å². The fraction of sp³-hybridized carbons (Fsp3) is 0.769. The van der Waals surface area contributed by atoms with Gasteiger partial charge in [-0.25, -0.2) is 0 Å². The molecule has 17 heavy (non-hydrogen) atoms. The number of hydrogen-bond donors (Lipinski definition) is 1. The Kier molecular flexibility index (Phi) is 4.62. The molecule has 0 aliphatic heterocycles. The standard InChI is InChI=1S/C13H22BrN3/c1-3-11-13(14)12(17(2)16-11)9-15-8-7-10-5-4-6-10/h10,15H,3-9H2,1-2H3. The van der Waals surface area contributed by atoms with Crippen LogP contribution in [-0.2, 0) is 20.0 Å². The third kappa shape index (κ3) is 3.10. The summed E-state index contributed by atoms with van der Waals surface area (Å²) in [5.74, 6) is 0.990. The number of aryl methyl sites for hydroxylation is 2. The van der Waals surface area contributed by atoms with E-state index in [-0.39, 0.29) is 0 Å². The van der Waals surface area contributed by atoms with Crippen molar-refractivity contribution in [3.63, 3.8) is 0 Å². The van der Waals surface area contributed by atoms with Gasteiger partial charge in [0.2, 0.25) is 0 Å². The highest BCUT2D eigenvalue weighted by molar-refractivity contribution is 9.10. The van der Waals surface area contributed by atoms with Crippen LogP contribution in [0.3, 0.4) is 0 Å². The maximum atomic E-state index is 4.50. The Balaban J connectivity index is 1.79. The zero-order chi connectivity index (χ0) is 12.3. The summed E-state index contributed by atoms with van der Waals surface area (Å²) in [4.78, 5) is 0. The first-order valence-electron chi connectivity index (χ1n) is 6.63. The number of halogens is 1. The molecule has 0 aromatic carbocycles. The van der Waals surface area contributed by atoms with Crippen LogP contribution in [0.2, 0.25) is 0 Å². The molecule has 0 atom stereocenters. The lowest BCUT2D eigenvalue weighted by atomic mass is 9.83. The van der Waals surface area contributed by atoms with E-state index in [1.165, 1.54) is 35.8 Å². The molecule has 4 heteroatoms. The molecule has 1 saturated carbocycles. The van der Waals surface area contributed by atoms with Crippen LogP contribution in [-0.4, -0.2) is 16.3 Å². The average Bonchev–Trinajstić information content (AvgIpc) is 2.52. The van der Waals surface area contributed by atoms with E-state index in [1.54, 1.807) is 0 Å². The number of nitrogens with one attached hydrogen (secondary N) is 1. The maximum absolute atomic E-state index is 4.50. The van der Waals surface area contributed by atoms with Crippen LogP contribution in [0.4, 0.5) is 0 Å². The molecule has 0 unspecified atom stereocenters. The van der Waals surface area contributed by atoms with Gasteiger partial charge in [0.05, 0.1) is 15.9 Å². The molecule has 0 spiro atoms. The highest BCUT2D eigenvalue weighted by Gasteiger charge is 2.17. The fourth-order valence-corrected chi connectivity index (χ4v) is 3.06. The van der Waals surface area contributed by atoms with Gasteiger partial charge in [-0.15, -0.1) is 0 Å². The van der Waals surface area contributed by atoms with Crippen molar-refractivity contribution < 1.29 is 0 Å². The van der Waals surface area contributed by atoms with Crippen LogP contribution in [0, 0.1) is 5.92 Å². The van der Waals surface area contributed by atoms with E-state index in [0.717, 1.165) is 31.1 Å². The summed E-state index contributed by atoms with van der Waals surface area (Å²) in [5.41, 5.74) is 2.42. The van der Waals surface area contributed by atoms with Gasteiger partial charge in [0.25, 0.3) is 0 Å². The Bertz CT molecular complexity index is 369. The fourth-order valence-electron chi connectivity index (χ4n) is 2.31. The zero-order valence-corrected chi connectivity index (χ0v) is 12.4. The SMILES string of the molecule is CCc1nn(C)c(CNCCC2CCC2)c1Br. The molecule has 3 nitrogen and oxygen atoms in total. The van der Waals surface area contributed by atoms with Crippen LogP contribution in [0.5, 0.6) is 0 Å². The third-order valence-electron chi connectivity index (χ3n) is 3.75. The van der Waals surface area contributed by atoms with E-state index in [1.807, 2.05) is 11.7 Å². The van der Waals surface area contributed by atoms with E-state index in [4.69, 9.17) is 0 Å². The summed E-state index contributed by atoms with van der Waals surface area (Å²) in [6, 6.07) is 0. The van der Waals surface area contributed by atoms with Gasteiger partial charge >= 0.3 is 0 Å². The van der Waals surface area contributed by atoms with E-state index < -0.39 is 0 Å². The molecular weight excluding hydrogens is 278 g/mol. The van der Waals surface area contributed by atoms with Crippen LogP contribution in [0.25, 0.3) is 0 Å². The second-order valence-electron chi connectivity index (χ2n) is 4.95. The van der Waals surface area contributed by atoms with Gasteiger partial charge in [0, 0.05) is 13.6 Å². The molecule has 0 bridgehead atoms. The average molecular weight is 300 g/mol. The second-order valence-corrected chi connectivity index (χ2v) is 5.74. The second kappa shape index (κ2) is 6.01. The van der Waals surface area contributed by atoms with Gasteiger partial charge < -0.3 is 5.32 Å². The predicted molar refractivity (Wildman–Crippen MR) is 74.0 cm³/mol. The monoisotopic (exact) mass is 299 g/mol. The van der Waals surface area contributed by atoms with Gasteiger partial charge in [-0.3, -0.25) is 4.68 Å². The van der Waals surface area contributed by atoms with Crippen LogP contribution >= 0.6 is 15.9 Å². The first-order valence-corrected chi connectivity index (χ1v) is 7.42. The van der Waals surface area contributed by atoms with E-state index in [9.17, 15) is 0 Å². The third-order valence-corrected chi connectivity index (χ3v) is 4.66. The molecule has 1 aliphatic carbocycles. The van der Waals surface area contributed by atoms with Crippen LogP contribution in [0.1, 0.15) is 44.0 Å². The van der Waals surface area contributed by atoms with Crippen LogP contribution < -0.4 is 5.32 Å². The minimum atomic E-state index is 0.913. The predicted octanol–water partition coefficient (Wildman–Crippen LogP) is 3.02. The largest absolute Gasteiger partial charge is 0.311 e. The van der Waals surface area contributed by atoms with Crippen molar-refractivity contribution in [2.45, 2.75) is 45.6 Å². The van der Waals surface area contributed by atoms with Crippen molar-refractivity contribution in [1.82, 2.24) is 15.1 Å². The molecule has 96 valence electrons. The molecule has 2 rings (SSSR count). The number of nitrogens with zero attached hydrogens (tertiary/aromatic N) is 2. The maximum Gasteiger partial charge on any atom is 0.0767 e. The van der Waals surface area contributed by atoms with Gasteiger partial charge in [-0.2, -0.15) is 5.10 Å². The molecule has 1 fully saturated rings. The van der Waals surface area contributed by atoms with Crippen molar-refractivity contribution in [3.05, 3.63) is 15.9 Å². The van der Waals surface area contributed by atoms with Gasteiger partial charge in [0.15, 0.2) is 0 Å². The highest BCUT2D eigenvalue weighted by atomic mass is 79.9.